The molecule has 7 nitrogen and oxygen atoms in total. The number of hydrogen-bond donors (Lipinski definition) is 3. The molecule has 0 heterocycles. The molecule has 0 saturated heterocycles. The highest BCUT2D eigenvalue weighted by atomic mass is 16.7. The van der Waals surface area contributed by atoms with Gasteiger partial charge in [-0.2, -0.15) is 5.90 Å². The van der Waals surface area contributed by atoms with Crippen LogP contribution in [0.15, 0.2) is 24.3 Å². The van der Waals surface area contributed by atoms with E-state index in [2.05, 4.69) is 10.3 Å². The zero-order valence-corrected chi connectivity index (χ0v) is 12.4. The zero-order chi connectivity index (χ0) is 16.0. The summed E-state index contributed by atoms with van der Waals surface area (Å²) in [6, 6.07) is 5.97. The standard InChI is InChI=1S/C14H21N3O4/c1-14(2,3)20-12(18)10-7-5-4-6-9(10)8-11(17-15)13(19)21-16/h4-7,11,17H,8,15-16H2,1-3H3/t11-/m0/s1. The second-order valence-electron chi connectivity index (χ2n) is 5.52. The SMILES string of the molecule is CC(C)(C)OC(=O)c1ccccc1C[C@H](NN)C(=O)ON. The number of nitrogens with two attached hydrogens (primary N) is 2. The highest BCUT2D eigenvalue weighted by Gasteiger charge is 2.24. The summed E-state index contributed by atoms with van der Waals surface area (Å²) in [4.78, 5) is 27.8. The van der Waals surface area contributed by atoms with Crippen molar-refractivity contribution in [3.8, 4) is 0 Å². The monoisotopic (exact) mass is 295 g/mol. The molecule has 0 bridgehead atoms. The molecule has 7 heteroatoms. The number of ether oxygens (including phenoxy) is 1. The average molecular weight is 295 g/mol. The molecule has 1 aromatic carbocycles. The Hall–Kier alpha value is -1.96. The van der Waals surface area contributed by atoms with E-state index in [-0.39, 0.29) is 6.42 Å². The molecule has 0 aliphatic heterocycles. The molecule has 116 valence electrons. The lowest BCUT2D eigenvalue weighted by Gasteiger charge is -2.21. The first-order chi connectivity index (χ1) is 9.78. The lowest BCUT2D eigenvalue weighted by atomic mass is 10.0. The predicted molar refractivity (Wildman–Crippen MR) is 76.7 cm³/mol. The summed E-state index contributed by atoms with van der Waals surface area (Å²) in [6.45, 7) is 5.34. The Morgan fingerprint density at radius 3 is 2.43 bits per heavy atom. The Bertz CT molecular complexity index is 511. The van der Waals surface area contributed by atoms with E-state index in [0.717, 1.165) is 0 Å². The van der Waals surface area contributed by atoms with Crippen LogP contribution in [-0.4, -0.2) is 23.6 Å². The average Bonchev–Trinajstić information content (AvgIpc) is 2.42. The highest BCUT2D eigenvalue weighted by Crippen LogP contribution is 2.17. The fraction of sp³-hybridized carbons (Fsp3) is 0.429. The Balaban J connectivity index is 2.99. The van der Waals surface area contributed by atoms with Crippen LogP contribution in [0.25, 0.3) is 0 Å². The van der Waals surface area contributed by atoms with Crippen LogP contribution in [0, 0.1) is 0 Å². The number of nitrogens with one attached hydrogen (secondary N) is 1. The van der Waals surface area contributed by atoms with Gasteiger partial charge in [0.15, 0.2) is 0 Å². The molecule has 0 saturated carbocycles. The number of rotatable bonds is 5. The summed E-state index contributed by atoms with van der Waals surface area (Å²) < 4.78 is 5.33. The summed E-state index contributed by atoms with van der Waals surface area (Å²) in [7, 11) is 0. The lowest BCUT2D eigenvalue weighted by Crippen LogP contribution is -2.45. The minimum atomic E-state index is -0.849. The van der Waals surface area contributed by atoms with Crippen molar-refractivity contribution in [3.63, 3.8) is 0 Å². The first-order valence-electron chi connectivity index (χ1n) is 6.46. The van der Waals surface area contributed by atoms with Crippen LogP contribution in [0.3, 0.4) is 0 Å². The smallest absolute Gasteiger partial charge is 0.343 e. The van der Waals surface area contributed by atoms with E-state index in [9.17, 15) is 9.59 Å². The minimum Gasteiger partial charge on any atom is -0.456 e. The zero-order valence-electron chi connectivity index (χ0n) is 12.4. The molecule has 0 spiro atoms. The molecule has 0 unspecified atom stereocenters. The molecule has 0 radical (unpaired) electrons. The molecule has 21 heavy (non-hydrogen) atoms. The third-order valence-electron chi connectivity index (χ3n) is 2.66. The van der Waals surface area contributed by atoms with Gasteiger partial charge < -0.3 is 9.57 Å². The lowest BCUT2D eigenvalue weighted by molar-refractivity contribution is -0.146. The highest BCUT2D eigenvalue weighted by molar-refractivity contribution is 5.91. The van der Waals surface area contributed by atoms with Crippen LogP contribution >= 0.6 is 0 Å². The number of hydrazine groups is 1. The van der Waals surface area contributed by atoms with Gasteiger partial charge in [-0.25, -0.2) is 15.0 Å². The van der Waals surface area contributed by atoms with Gasteiger partial charge in [0, 0.05) is 6.42 Å². The molecule has 1 aromatic rings. The maximum Gasteiger partial charge on any atom is 0.343 e. The number of benzene rings is 1. The second kappa shape index (κ2) is 7.16. The van der Waals surface area contributed by atoms with Gasteiger partial charge in [0.2, 0.25) is 0 Å². The maximum atomic E-state index is 12.2. The normalized spacial score (nSPS) is 12.6. The van der Waals surface area contributed by atoms with E-state index in [0.29, 0.717) is 11.1 Å². The van der Waals surface area contributed by atoms with Crippen LogP contribution in [0.5, 0.6) is 0 Å². The van der Waals surface area contributed by atoms with Crippen LogP contribution in [0.4, 0.5) is 0 Å². The van der Waals surface area contributed by atoms with E-state index >= 15 is 0 Å². The van der Waals surface area contributed by atoms with Gasteiger partial charge in [-0.3, -0.25) is 5.84 Å². The Labute approximate surface area is 123 Å². The van der Waals surface area contributed by atoms with Gasteiger partial charge in [-0.15, -0.1) is 0 Å². The van der Waals surface area contributed by atoms with Gasteiger partial charge in [0.25, 0.3) is 0 Å². The van der Waals surface area contributed by atoms with E-state index in [1.807, 2.05) is 0 Å². The molecule has 0 fully saturated rings. The van der Waals surface area contributed by atoms with E-state index in [4.69, 9.17) is 16.5 Å². The van der Waals surface area contributed by atoms with Crippen molar-refractivity contribution in [2.24, 2.45) is 11.7 Å². The third-order valence-corrected chi connectivity index (χ3v) is 2.66. The quantitative estimate of drug-likeness (QED) is 0.410. The van der Waals surface area contributed by atoms with Crippen molar-refractivity contribution in [1.82, 2.24) is 5.43 Å². The molecular formula is C14H21N3O4. The van der Waals surface area contributed by atoms with Gasteiger partial charge in [0.05, 0.1) is 5.56 Å². The van der Waals surface area contributed by atoms with Gasteiger partial charge in [-0.05, 0) is 32.4 Å². The van der Waals surface area contributed by atoms with Crippen molar-refractivity contribution in [1.29, 1.82) is 0 Å². The number of esters is 1. The topological polar surface area (TPSA) is 117 Å². The largest absolute Gasteiger partial charge is 0.456 e. The van der Waals surface area contributed by atoms with E-state index < -0.39 is 23.6 Å². The van der Waals surface area contributed by atoms with Crippen molar-refractivity contribution in [3.05, 3.63) is 35.4 Å². The van der Waals surface area contributed by atoms with Crippen molar-refractivity contribution >= 4 is 11.9 Å². The molecule has 5 N–H and O–H groups in total. The molecule has 0 aromatic heterocycles. The van der Waals surface area contributed by atoms with Crippen LogP contribution < -0.4 is 17.2 Å². The molecular weight excluding hydrogens is 274 g/mol. The van der Waals surface area contributed by atoms with Crippen LogP contribution in [-0.2, 0) is 20.8 Å². The number of carbonyl (C=O) groups is 2. The molecule has 1 atom stereocenters. The predicted octanol–water partition coefficient (Wildman–Crippen LogP) is 0.433. The second-order valence-corrected chi connectivity index (χ2v) is 5.52. The summed E-state index contributed by atoms with van der Waals surface area (Å²) >= 11 is 0. The minimum absolute atomic E-state index is 0.155. The van der Waals surface area contributed by atoms with Crippen LogP contribution in [0.2, 0.25) is 0 Å². The Kier molecular flexibility index (Phi) is 5.83. The van der Waals surface area contributed by atoms with Gasteiger partial charge in [0.1, 0.15) is 11.6 Å². The fourth-order valence-electron chi connectivity index (χ4n) is 1.74. The maximum absolute atomic E-state index is 12.2. The van der Waals surface area contributed by atoms with Crippen molar-refractivity contribution < 1.29 is 19.2 Å². The van der Waals surface area contributed by atoms with E-state index in [1.54, 1.807) is 45.0 Å². The molecule has 0 amide bonds. The molecule has 0 aliphatic carbocycles. The van der Waals surface area contributed by atoms with Crippen molar-refractivity contribution in [2.75, 3.05) is 0 Å². The first-order valence-corrected chi connectivity index (χ1v) is 6.46. The third kappa shape index (κ3) is 5.14. The van der Waals surface area contributed by atoms with Crippen LogP contribution in [0.1, 0.15) is 36.7 Å². The number of hydrogen-bond acceptors (Lipinski definition) is 7. The van der Waals surface area contributed by atoms with Gasteiger partial charge >= 0.3 is 11.9 Å². The summed E-state index contributed by atoms with van der Waals surface area (Å²) in [5.41, 5.74) is 2.69. The Morgan fingerprint density at radius 1 is 1.29 bits per heavy atom. The van der Waals surface area contributed by atoms with Crippen molar-refractivity contribution in [2.45, 2.75) is 38.8 Å². The van der Waals surface area contributed by atoms with E-state index in [1.165, 1.54) is 0 Å². The summed E-state index contributed by atoms with van der Waals surface area (Å²) in [5.74, 6) is 8.97. The Morgan fingerprint density at radius 2 is 1.90 bits per heavy atom. The molecule has 0 aliphatic rings. The van der Waals surface area contributed by atoms with Gasteiger partial charge in [-0.1, -0.05) is 18.2 Å². The summed E-state index contributed by atoms with van der Waals surface area (Å²) in [6.07, 6.45) is 0.155. The summed E-state index contributed by atoms with van der Waals surface area (Å²) in [5, 5.41) is 0. The number of carbonyl (C=O) groups excluding carboxylic acids is 2. The molecule has 1 rings (SSSR count). The fourth-order valence-corrected chi connectivity index (χ4v) is 1.74. The first kappa shape index (κ1) is 17.1.